The van der Waals surface area contributed by atoms with Gasteiger partial charge in [-0.2, -0.15) is 0 Å². The molecule has 0 N–H and O–H groups in total. The molecule has 0 radical (unpaired) electrons. The molecule has 0 saturated carbocycles. The van der Waals surface area contributed by atoms with Crippen LogP contribution in [0.1, 0.15) is 19.8 Å². The Morgan fingerprint density at radius 1 is 1.36 bits per heavy atom. The van der Waals surface area contributed by atoms with Gasteiger partial charge < -0.3 is 4.74 Å². The number of aromatic nitrogens is 3. The first-order valence-corrected chi connectivity index (χ1v) is 3.69. The van der Waals surface area contributed by atoms with Gasteiger partial charge in [-0.05, 0) is 11.6 Å². The summed E-state index contributed by atoms with van der Waals surface area (Å²) in [5.41, 5.74) is 0. The van der Waals surface area contributed by atoms with Gasteiger partial charge in [-0.25, -0.2) is 0 Å². The average molecular weight is 153 g/mol. The van der Waals surface area contributed by atoms with E-state index in [0.29, 0.717) is 5.75 Å². The third-order valence-corrected chi connectivity index (χ3v) is 1.24. The third kappa shape index (κ3) is 2.93. The van der Waals surface area contributed by atoms with E-state index >= 15 is 0 Å². The molecule has 0 fully saturated rings. The van der Waals surface area contributed by atoms with Crippen LogP contribution in [0.5, 0.6) is 5.75 Å². The molecule has 1 aromatic rings. The second-order valence-electron chi connectivity index (χ2n) is 2.18. The van der Waals surface area contributed by atoms with E-state index in [-0.39, 0.29) is 0 Å². The molecule has 0 unspecified atom stereocenters. The van der Waals surface area contributed by atoms with Crippen molar-refractivity contribution in [2.24, 2.45) is 0 Å². The number of ether oxygens (including phenoxy) is 1. The van der Waals surface area contributed by atoms with Crippen molar-refractivity contribution in [2.45, 2.75) is 19.8 Å². The summed E-state index contributed by atoms with van der Waals surface area (Å²) in [6, 6.07) is 0. The van der Waals surface area contributed by atoms with Crippen LogP contribution in [0.15, 0.2) is 12.4 Å². The summed E-state index contributed by atoms with van der Waals surface area (Å²) in [7, 11) is 0. The highest BCUT2D eigenvalue weighted by molar-refractivity contribution is 5.08. The van der Waals surface area contributed by atoms with Crippen molar-refractivity contribution in [3.05, 3.63) is 12.4 Å². The van der Waals surface area contributed by atoms with Crippen molar-refractivity contribution >= 4 is 0 Å². The van der Waals surface area contributed by atoms with Gasteiger partial charge in [0.15, 0.2) is 5.75 Å². The second-order valence-corrected chi connectivity index (χ2v) is 2.18. The first-order valence-electron chi connectivity index (χ1n) is 3.69. The predicted molar refractivity (Wildman–Crippen MR) is 40.2 cm³/mol. The van der Waals surface area contributed by atoms with Gasteiger partial charge in [-0.3, -0.25) is 0 Å². The van der Waals surface area contributed by atoms with E-state index < -0.39 is 0 Å². The standard InChI is InChI=1S/C7H11N3O/c1-2-3-4-11-7-5-8-10-9-6-7/h5-6H,2-4H2,1H3. The molecule has 4 heteroatoms. The maximum atomic E-state index is 5.28. The Balaban J connectivity index is 2.28. The number of unbranched alkanes of at least 4 members (excludes halogenated alkanes) is 1. The fourth-order valence-electron chi connectivity index (χ4n) is 0.637. The zero-order chi connectivity index (χ0) is 7.94. The van der Waals surface area contributed by atoms with Crippen molar-refractivity contribution in [1.29, 1.82) is 0 Å². The Kier molecular flexibility index (Phi) is 3.31. The van der Waals surface area contributed by atoms with Crippen LogP contribution in [-0.4, -0.2) is 22.0 Å². The highest BCUT2D eigenvalue weighted by atomic mass is 16.5. The van der Waals surface area contributed by atoms with Crippen molar-refractivity contribution in [1.82, 2.24) is 15.4 Å². The Bertz CT molecular complexity index is 190. The predicted octanol–water partition coefficient (Wildman–Crippen LogP) is 1.05. The molecular weight excluding hydrogens is 142 g/mol. The summed E-state index contributed by atoms with van der Waals surface area (Å²) in [5.74, 6) is 0.688. The SMILES string of the molecule is CCCCOc1cnnnc1. The van der Waals surface area contributed by atoms with Crippen LogP contribution in [0.25, 0.3) is 0 Å². The Hall–Kier alpha value is -1.19. The summed E-state index contributed by atoms with van der Waals surface area (Å²) >= 11 is 0. The van der Waals surface area contributed by atoms with Crippen LogP contribution in [0.2, 0.25) is 0 Å². The minimum atomic E-state index is 0.688. The fourth-order valence-corrected chi connectivity index (χ4v) is 0.637. The summed E-state index contributed by atoms with van der Waals surface area (Å²) in [4.78, 5) is 0. The molecule has 0 aliphatic carbocycles. The summed E-state index contributed by atoms with van der Waals surface area (Å²) < 4.78 is 5.28. The molecule has 0 aliphatic heterocycles. The number of hydrogen-bond donors (Lipinski definition) is 0. The quantitative estimate of drug-likeness (QED) is 0.606. The maximum absolute atomic E-state index is 5.28. The van der Waals surface area contributed by atoms with Gasteiger partial charge in [-0.15, -0.1) is 10.2 Å². The summed E-state index contributed by atoms with van der Waals surface area (Å²) in [5, 5.41) is 10.5. The Labute approximate surface area is 65.6 Å². The molecular formula is C7H11N3O. The first kappa shape index (κ1) is 7.91. The van der Waals surface area contributed by atoms with Crippen LogP contribution in [-0.2, 0) is 0 Å². The van der Waals surface area contributed by atoms with E-state index in [1.54, 1.807) is 12.4 Å². The second kappa shape index (κ2) is 4.60. The first-order chi connectivity index (χ1) is 5.43. The summed E-state index contributed by atoms with van der Waals surface area (Å²) in [6.07, 6.45) is 5.31. The van der Waals surface area contributed by atoms with E-state index in [1.165, 1.54) is 0 Å². The fraction of sp³-hybridized carbons (Fsp3) is 0.571. The molecule has 0 aromatic carbocycles. The van der Waals surface area contributed by atoms with Gasteiger partial charge in [0.25, 0.3) is 0 Å². The van der Waals surface area contributed by atoms with Gasteiger partial charge >= 0.3 is 0 Å². The minimum absolute atomic E-state index is 0.688. The molecule has 0 atom stereocenters. The van der Waals surface area contributed by atoms with E-state index in [0.717, 1.165) is 19.4 Å². The highest BCUT2D eigenvalue weighted by Crippen LogP contribution is 2.03. The van der Waals surface area contributed by atoms with E-state index in [4.69, 9.17) is 4.74 Å². The molecule has 1 heterocycles. The Morgan fingerprint density at radius 3 is 2.73 bits per heavy atom. The molecule has 0 bridgehead atoms. The zero-order valence-electron chi connectivity index (χ0n) is 6.53. The molecule has 60 valence electrons. The van der Waals surface area contributed by atoms with Gasteiger partial charge in [0.2, 0.25) is 0 Å². The molecule has 0 amide bonds. The lowest BCUT2D eigenvalue weighted by molar-refractivity contribution is 0.305. The molecule has 4 nitrogen and oxygen atoms in total. The lowest BCUT2D eigenvalue weighted by atomic mass is 10.4. The minimum Gasteiger partial charge on any atom is -0.490 e. The highest BCUT2D eigenvalue weighted by Gasteiger charge is 1.91. The molecule has 0 spiro atoms. The molecule has 11 heavy (non-hydrogen) atoms. The van der Waals surface area contributed by atoms with Gasteiger partial charge in [-0.1, -0.05) is 13.3 Å². The van der Waals surface area contributed by atoms with Gasteiger partial charge in [0.05, 0.1) is 19.0 Å². The van der Waals surface area contributed by atoms with Crippen LogP contribution >= 0.6 is 0 Å². The largest absolute Gasteiger partial charge is 0.490 e. The summed E-state index contributed by atoms with van der Waals surface area (Å²) in [6.45, 7) is 2.84. The molecule has 0 saturated heterocycles. The Morgan fingerprint density at radius 2 is 2.09 bits per heavy atom. The van der Waals surface area contributed by atoms with E-state index in [9.17, 15) is 0 Å². The van der Waals surface area contributed by atoms with Crippen LogP contribution in [0.3, 0.4) is 0 Å². The van der Waals surface area contributed by atoms with Gasteiger partial charge in [0, 0.05) is 0 Å². The van der Waals surface area contributed by atoms with E-state index in [1.807, 2.05) is 0 Å². The molecule has 0 aliphatic rings. The number of nitrogens with zero attached hydrogens (tertiary/aromatic N) is 3. The van der Waals surface area contributed by atoms with Crippen LogP contribution < -0.4 is 4.74 Å². The third-order valence-electron chi connectivity index (χ3n) is 1.24. The lowest BCUT2D eigenvalue weighted by Crippen LogP contribution is -1.97. The monoisotopic (exact) mass is 153 g/mol. The average Bonchev–Trinajstić information content (AvgIpc) is 2.07. The molecule has 1 rings (SSSR count). The van der Waals surface area contributed by atoms with E-state index in [2.05, 4.69) is 22.3 Å². The topological polar surface area (TPSA) is 47.9 Å². The zero-order valence-corrected chi connectivity index (χ0v) is 6.53. The van der Waals surface area contributed by atoms with Crippen LogP contribution in [0.4, 0.5) is 0 Å². The van der Waals surface area contributed by atoms with Crippen molar-refractivity contribution < 1.29 is 4.74 Å². The number of rotatable bonds is 4. The lowest BCUT2D eigenvalue weighted by Gasteiger charge is -2.01. The normalized spacial score (nSPS) is 9.55. The smallest absolute Gasteiger partial charge is 0.159 e. The van der Waals surface area contributed by atoms with Gasteiger partial charge in [0.1, 0.15) is 0 Å². The van der Waals surface area contributed by atoms with Crippen molar-refractivity contribution in [2.75, 3.05) is 6.61 Å². The van der Waals surface area contributed by atoms with Crippen molar-refractivity contribution in [3.63, 3.8) is 0 Å². The van der Waals surface area contributed by atoms with Crippen LogP contribution in [0, 0.1) is 0 Å². The van der Waals surface area contributed by atoms with Crippen molar-refractivity contribution in [3.8, 4) is 5.75 Å². The molecule has 1 aromatic heterocycles. The number of hydrogen-bond acceptors (Lipinski definition) is 4. The maximum Gasteiger partial charge on any atom is 0.159 e.